The van der Waals surface area contributed by atoms with Gasteiger partial charge in [0.05, 0.1) is 6.61 Å². The third-order valence-corrected chi connectivity index (χ3v) is 3.25. The van der Waals surface area contributed by atoms with E-state index in [9.17, 15) is 0 Å². The van der Waals surface area contributed by atoms with Crippen molar-refractivity contribution in [2.45, 2.75) is 25.8 Å². The lowest BCUT2D eigenvalue weighted by molar-refractivity contribution is 0.263. The highest BCUT2D eigenvalue weighted by molar-refractivity contribution is 5.26. The standard InChI is InChI=1S/C14H22N2O/c15-12-13-4-6-14(7-5-13)17-11-3-10-16-8-1-2-9-16/h4-7H,1-3,8-12,15H2. The van der Waals surface area contributed by atoms with Gasteiger partial charge in [-0.25, -0.2) is 0 Å². The molecule has 0 aliphatic carbocycles. The van der Waals surface area contributed by atoms with Gasteiger partial charge in [-0.1, -0.05) is 12.1 Å². The summed E-state index contributed by atoms with van der Waals surface area (Å²) in [6, 6.07) is 8.04. The van der Waals surface area contributed by atoms with E-state index in [1.807, 2.05) is 24.3 Å². The van der Waals surface area contributed by atoms with Crippen molar-refractivity contribution < 1.29 is 4.74 Å². The summed E-state index contributed by atoms with van der Waals surface area (Å²) in [7, 11) is 0. The number of nitrogens with zero attached hydrogens (tertiary/aromatic N) is 1. The quantitative estimate of drug-likeness (QED) is 0.765. The van der Waals surface area contributed by atoms with E-state index in [1.54, 1.807) is 0 Å². The number of rotatable bonds is 6. The average Bonchev–Trinajstić information content (AvgIpc) is 2.88. The molecule has 1 aromatic rings. The van der Waals surface area contributed by atoms with Gasteiger partial charge in [-0.05, 0) is 50.0 Å². The molecule has 0 unspecified atom stereocenters. The van der Waals surface area contributed by atoms with E-state index in [4.69, 9.17) is 10.5 Å². The number of benzene rings is 1. The van der Waals surface area contributed by atoms with Gasteiger partial charge in [0.2, 0.25) is 0 Å². The van der Waals surface area contributed by atoms with Crippen molar-refractivity contribution in [3.63, 3.8) is 0 Å². The van der Waals surface area contributed by atoms with Crippen molar-refractivity contribution in [1.29, 1.82) is 0 Å². The first-order valence-corrected chi connectivity index (χ1v) is 6.52. The summed E-state index contributed by atoms with van der Waals surface area (Å²) >= 11 is 0. The zero-order chi connectivity index (χ0) is 11.9. The summed E-state index contributed by atoms with van der Waals surface area (Å²) in [5.74, 6) is 0.948. The SMILES string of the molecule is NCc1ccc(OCCCN2CCCC2)cc1. The van der Waals surface area contributed by atoms with Crippen LogP contribution in [-0.2, 0) is 6.54 Å². The van der Waals surface area contributed by atoms with Gasteiger partial charge < -0.3 is 15.4 Å². The van der Waals surface area contributed by atoms with Gasteiger partial charge in [-0.3, -0.25) is 0 Å². The predicted molar refractivity (Wildman–Crippen MR) is 70.1 cm³/mol. The fraction of sp³-hybridized carbons (Fsp3) is 0.571. The minimum absolute atomic E-state index is 0.592. The molecule has 1 saturated heterocycles. The molecular weight excluding hydrogens is 212 g/mol. The molecule has 0 saturated carbocycles. The minimum atomic E-state index is 0.592. The Morgan fingerprint density at radius 2 is 1.82 bits per heavy atom. The molecule has 17 heavy (non-hydrogen) atoms. The molecule has 2 N–H and O–H groups in total. The molecule has 0 bridgehead atoms. The van der Waals surface area contributed by atoms with Crippen molar-refractivity contribution in [1.82, 2.24) is 4.90 Å². The highest BCUT2D eigenvalue weighted by Crippen LogP contribution is 2.12. The van der Waals surface area contributed by atoms with Crippen LogP contribution in [0, 0.1) is 0 Å². The van der Waals surface area contributed by atoms with Crippen LogP contribution in [0.1, 0.15) is 24.8 Å². The molecule has 0 atom stereocenters. The van der Waals surface area contributed by atoms with E-state index in [1.165, 1.54) is 32.5 Å². The zero-order valence-electron chi connectivity index (χ0n) is 10.4. The summed E-state index contributed by atoms with van der Waals surface area (Å²) < 4.78 is 5.70. The summed E-state index contributed by atoms with van der Waals surface area (Å²) in [6.45, 7) is 5.10. The van der Waals surface area contributed by atoms with E-state index in [0.29, 0.717) is 6.54 Å². The number of hydrogen-bond donors (Lipinski definition) is 1. The van der Waals surface area contributed by atoms with Crippen LogP contribution in [0.3, 0.4) is 0 Å². The normalized spacial score (nSPS) is 16.3. The van der Waals surface area contributed by atoms with Crippen LogP contribution in [0.4, 0.5) is 0 Å². The molecule has 1 aliphatic heterocycles. The molecule has 3 heteroatoms. The van der Waals surface area contributed by atoms with E-state index in [-0.39, 0.29) is 0 Å². The first kappa shape index (κ1) is 12.4. The second-order valence-electron chi connectivity index (χ2n) is 4.60. The van der Waals surface area contributed by atoms with Crippen molar-refractivity contribution in [2.75, 3.05) is 26.2 Å². The topological polar surface area (TPSA) is 38.5 Å². The zero-order valence-corrected chi connectivity index (χ0v) is 10.4. The highest BCUT2D eigenvalue weighted by Gasteiger charge is 2.10. The maximum Gasteiger partial charge on any atom is 0.119 e. The van der Waals surface area contributed by atoms with Gasteiger partial charge in [0.15, 0.2) is 0 Å². The molecule has 1 aliphatic rings. The molecule has 0 spiro atoms. The summed E-state index contributed by atoms with van der Waals surface area (Å²) in [6.07, 6.45) is 3.83. The fourth-order valence-electron chi connectivity index (χ4n) is 2.21. The van der Waals surface area contributed by atoms with Crippen molar-refractivity contribution in [3.8, 4) is 5.75 Å². The molecule has 1 fully saturated rings. The maximum atomic E-state index is 5.70. The minimum Gasteiger partial charge on any atom is -0.494 e. The molecule has 1 heterocycles. The van der Waals surface area contributed by atoms with E-state index in [2.05, 4.69) is 4.90 Å². The second kappa shape index (κ2) is 6.62. The molecule has 0 amide bonds. The first-order valence-electron chi connectivity index (χ1n) is 6.52. The van der Waals surface area contributed by atoms with Crippen LogP contribution in [0.5, 0.6) is 5.75 Å². The Morgan fingerprint density at radius 3 is 2.47 bits per heavy atom. The van der Waals surface area contributed by atoms with Crippen molar-refractivity contribution >= 4 is 0 Å². The van der Waals surface area contributed by atoms with Gasteiger partial charge in [-0.15, -0.1) is 0 Å². The van der Waals surface area contributed by atoms with Crippen LogP contribution in [-0.4, -0.2) is 31.1 Å². The van der Waals surface area contributed by atoms with Crippen LogP contribution in [0.2, 0.25) is 0 Å². The largest absolute Gasteiger partial charge is 0.494 e. The van der Waals surface area contributed by atoms with Gasteiger partial charge in [0.25, 0.3) is 0 Å². The highest BCUT2D eigenvalue weighted by atomic mass is 16.5. The fourth-order valence-corrected chi connectivity index (χ4v) is 2.21. The molecule has 0 aromatic heterocycles. The number of hydrogen-bond acceptors (Lipinski definition) is 3. The van der Waals surface area contributed by atoms with Gasteiger partial charge in [0.1, 0.15) is 5.75 Å². The third-order valence-electron chi connectivity index (χ3n) is 3.25. The smallest absolute Gasteiger partial charge is 0.119 e. The van der Waals surface area contributed by atoms with Crippen LogP contribution >= 0.6 is 0 Å². The average molecular weight is 234 g/mol. The van der Waals surface area contributed by atoms with Gasteiger partial charge >= 0.3 is 0 Å². The van der Waals surface area contributed by atoms with Crippen molar-refractivity contribution in [2.24, 2.45) is 5.73 Å². The molecule has 1 aromatic carbocycles. The molecule has 0 radical (unpaired) electrons. The van der Waals surface area contributed by atoms with Crippen LogP contribution < -0.4 is 10.5 Å². The molecule has 3 nitrogen and oxygen atoms in total. The molecule has 2 rings (SSSR count). The summed E-state index contributed by atoms with van der Waals surface area (Å²) in [4.78, 5) is 2.51. The predicted octanol–water partition coefficient (Wildman–Crippen LogP) is 2.01. The van der Waals surface area contributed by atoms with Gasteiger partial charge in [-0.2, -0.15) is 0 Å². The number of likely N-dealkylation sites (tertiary alicyclic amines) is 1. The Labute approximate surface area is 104 Å². The summed E-state index contributed by atoms with van der Waals surface area (Å²) in [5, 5.41) is 0. The van der Waals surface area contributed by atoms with E-state index >= 15 is 0 Å². The van der Waals surface area contributed by atoms with Gasteiger partial charge in [0, 0.05) is 13.1 Å². The molecule has 94 valence electrons. The van der Waals surface area contributed by atoms with E-state index < -0.39 is 0 Å². The lowest BCUT2D eigenvalue weighted by Gasteiger charge is -2.14. The Kier molecular flexibility index (Phi) is 4.83. The first-order chi connectivity index (χ1) is 8.38. The monoisotopic (exact) mass is 234 g/mol. The Morgan fingerprint density at radius 1 is 1.12 bits per heavy atom. The Balaban J connectivity index is 1.63. The Bertz CT molecular complexity index is 317. The molecular formula is C14H22N2O. The Hall–Kier alpha value is -1.06. The maximum absolute atomic E-state index is 5.70. The third kappa shape index (κ3) is 4.02. The van der Waals surface area contributed by atoms with Crippen molar-refractivity contribution in [3.05, 3.63) is 29.8 Å². The summed E-state index contributed by atoms with van der Waals surface area (Å²) in [5.41, 5.74) is 6.69. The van der Waals surface area contributed by atoms with Crippen LogP contribution in [0.15, 0.2) is 24.3 Å². The lowest BCUT2D eigenvalue weighted by atomic mass is 10.2. The van der Waals surface area contributed by atoms with Crippen LogP contribution in [0.25, 0.3) is 0 Å². The van der Waals surface area contributed by atoms with E-state index in [0.717, 1.165) is 24.3 Å². The lowest BCUT2D eigenvalue weighted by Crippen LogP contribution is -2.21. The second-order valence-corrected chi connectivity index (χ2v) is 4.60. The number of nitrogens with two attached hydrogens (primary N) is 1. The number of ether oxygens (including phenoxy) is 1.